The first-order valence-corrected chi connectivity index (χ1v) is 10.2. The molecular formula is C25H23NO7. The summed E-state index contributed by atoms with van der Waals surface area (Å²) < 4.78 is 21.3. The van der Waals surface area contributed by atoms with E-state index in [-0.39, 0.29) is 17.9 Å². The van der Waals surface area contributed by atoms with Crippen LogP contribution in [0.2, 0.25) is 0 Å². The van der Waals surface area contributed by atoms with Gasteiger partial charge in [0.2, 0.25) is 0 Å². The topological polar surface area (TPSA) is 98.4 Å². The molecule has 3 aromatic rings. The molecule has 2 heterocycles. The molecule has 1 N–H and O–H groups in total. The standard InChI is InChI=1S/C25H23NO7/c1-30-17-9-6-15(7-10-17)23(27)21-22(16-8-11-19(31-2)20(13-16)32-3)26(25(29)24(21)28)14-18-5-4-12-33-18/h4-13,22,27H,14H2,1-3H3/b23-21+/t22-/m0/s1. The number of nitrogens with zero attached hydrogens (tertiary/aromatic N) is 1. The molecule has 0 unspecified atom stereocenters. The van der Waals surface area contributed by atoms with Crippen molar-refractivity contribution in [2.24, 2.45) is 0 Å². The normalized spacial score (nSPS) is 17.3. The lowest BCUT2D eigenvalue weighted by Gasteiger charge is -2.25. The number of carbonyl (C=O) groups excluding carboxylic acids is 2. The van der Waals surface area contributed by atoms with Gasteiger partial charge in [0.1, 0.15) is 17.3 Å². The Balaban J connectivity index is 1.87. The lowest BCUT2D eigenvalue weighted by atomic mass is 9.95. The highest BCUT2D eigenvalue weighted by Crippen LogP contribution is 2.42. The summed E-state index contributed by atoms with van der Waals surface area (Å²) in [7, 11) is 4.55. The number of hydrogen-bond donors (Lipinski definition) is 1. The number of hydrogen-bond acceptors (Lipinski definition) is 7. The maximum atomic E-state index is 13.1. The number of aliphatic hydroxyl groups excluding tert-OH is 1. The average Bonchev–Trinajstić information content (AvgIpc) is 3.45. The highest BCUT2D eigenvalue weighted by molar-refractivity contribution is 6.46. The number of benzene rings is 2. The maximum absolute atomic E-state index is 13.1. The number of furan rings is 1. The predicted octanol–water partition coefficient (Wildman–Crippen LogP) is 3.93. The third kappa shape index (κ3) is 4.03. The van der Waals surface area contributed by atoms with E-state index >= 15 is 0 Å². The quantitative estimate of drug-likeness (QED) is 0.332. The van der Waals surface area contributed by atoms with Crippen molar-refractivity contribution < 1.29 is 33.3 Å². The molecule has 0 saturated carbocycles. The highest BCUT2D eigenvalue weighted by atomic mass is 16.5. The third-order valence-electron chi connectivity index (χ3n) is 5.53. The largest absolute Gasteiger partial charge is 0.507 e. The molecule has 1 aliphatic rings. The molecule has 8 heteroatoms. The summed E-state index contributed by atoms with van der Waals surface area (Å²) in [5, 5.41) is 11.1. The van der Waals surface area contributed by atoms with Gasteiger partial charge in [-0.15, -0.1) is 0 Å². The first-order chi connectivity index (χ1) is 16.0. The number of Topliss-reactive ketones (excluding diaryl/α,β-unsaturated/α-hetero) is 1. The fourth-order valence-electron chi connectivity index (χ4n) is 3.89. The fourth-order valence-corrected chi connectivity index (χ4v) is 3.89. The summed E-state index contributed by atoms with van der Waals surface area (Å²) >= 11 is 0. The van der Waals surface area contributed by atoms with Gasteiger partial charge in [0.05, 0.1) is 45.8 Å². The van der Waals surface area contributed by atoms with Crippen LogP contribution in [0.3, 0.4) is 0 Å². The Hall–Kier alpha value is -4.20. The first-order valence-electron chi connectivity index (χ1n) is 10.2. The molecule has 33 heavy (non-hydrogen) atoms. The Morgan fingerprint density at radius 3 is 2.30 bits per heavy atom. The molecule has 1 amide bonds. The molecule has 0 aliphatic carbocycles. The number of rotatable bonds is 7. The zero-order chi connectivity index (χ0) is 23.5. The second-order valence-corrected chi connectivity index (χ2v) is 7.35. The fraction of sp³-hybridized carbons (Fsp3) is 0.200. The van der Waals surface area contributed by atoms with Gasteiger partial charge in [0, 0.05) is 5.56 Å². The maximum Gasteiger partial charge on any atom is 0.296 e. The zero-order valence-electron chi connectivity index (χ0n) is 18.4. The Bertz CT molecular complexity index is 1200. The van der Waals surface area contributed by atoms with E-state index in [0.29, 0.717) is 34.1 Å². The van der Waals surface area contributed by atoms with Gasteiger partial charge in [0.25, 0.3) is 11.7 Å². The van der Waals surface area contributed by atoms with Gasteiger partial charge in [-0.25, -0.2) is 0 Å². The monoisotopic (exact) mass is 449 g/mol. The molecule has 0 bridgehead atoms. The summed E-state index contributed by atoms with van der Waals surface area (Å²) in [5.74, 6) is 0.240. The average molecular weight is 449 g/mol. The van der Waals surface area contributed by atoms with Crippen molar-refractivity contribution in [3.05, 3.63) is 83.3 Å². The molecule has 8 nitrogen and oxygen atoms in total. The smallest absolute Gasteiger partial charge is 0.296 e. The van der Waals surface area contributed by atoms with Gasteiger partial charge < -0.3 is 28.6 Å². The number of methoxy groups -OCH3 is 3. The molecule has 2 aromatic carbocycles. The Morgan fingerprint density at radius 2 is 1.70 bits per heavy atom. The summed E-state index contributed by atoms with van der Waals surface area (Å²) in [6.07, 6.45) is 1.49. The molecule has 0 spiro atoms. The van der Waals surface area contributed by atoms with Gasteiger partial charge in [-0.2, -0.15) is 0 Å². The Labute approximate surface area is 190 Å². The molecule has 0 radical (unpaired) electrons. The van der Waals surface area contributed by atoms with Gasteiger partial charge in [0.15, 0.2) is 11.5 Å². The minimum Gasteiger partial charge on any atom is -0.507 e. The van der Waals surface area contributed by atoms with E-state index in [2.05, 4.69) is 0 Å². The van der Waals surface area contributed by atoms with Crippen molar-refractivity contribution in [1.29, 1.82) is 0 Å². The van der Waals surface area contributed by atoms with Gasteiger partial charge in [-0.1, -0.05) is 6.07 Å². The van der Waals surface area contributed by atoms with Crippen LogP contribution in [0.1, 0.15) is 22.9 Å². The van der Waals surface area contributed by atoms with Crippen LogP contribution in [-0.4, -0.2) is 43.0 Å². The van der Waals surface area contributed by atoms with Crippen LogP contribution in [0.15, 0.2) is 70.9 Å². The van der Waals surface area contributed by atoms with Crippen LogP contribution in [0.5, 0.6) is 17.2 Å². The minimum atomic E-state index is -0.864. The summed E-state index contributed by atoms with van der Waals surface area (Å²) in [4.78, 5) is 27.5. The summed E-state index contributed by atoms with van der Waals surface area (Å²) in [5.41, 5.74) is 0.940. The predicted molar refractivity (Wildman–Crippen MR) is 119 cm³/mol. The van der Waals surface area contributed by atoms with Crippen molar-refractivity contribution in [1.82, 2.24) is 4.90 Å². The van der Waals surface area contributed by atoms with Crippen molar-refractivity contribution in [3.8, 4) is 17.2 Å². The zero-order valence-corrected chi connectivity index (χ0v) is 18.4. The Morgan fingerprint density at radius 1 is 0.970 bits per heavy atom. The van der Waals surface area contributed by atoms with Crippen LogP contribution in [-0.2, 0) is 16.1 Å². The number of aliphatic hydroxyl groups is 1. The third-order valence-corrected chi connectivity index (χ3v) is 5.53. The summed E-state index contributed by atoms with van der Waals surface area (Å²) in [6.45, 7) is 0.0516. The molecule has 1 aliphatic heterocycles. The van der Waals surface area contributed by atoms with E-state index < -0.39 is 17.7 Å². The van der Waals surface area contributed by atoms with E-state index in [9.17, 15) is 14.7 Å². The van der Waals surface area contributed by atoms with Crippen LogP contribution < -0.4 is 14.2 Å². The lowest BCUT2D eigenvalue weighted by Crippen LogP contribution is -2.29. The molecule has 1 fully saturated rings. The van der Waals surface area contributed by atoms with E-state index in [1.165, 1.54) is 32.5 Å². The number of ketones is 1. The first kappa shape index (κ1) is 22.0. The molecule has 1 saturated heterocycles. The van der Waals surface area contributed by atoms with Crippen molar-refractivity contribution in [2.75, 3.05) is 21.3 Å². The minimum absolute atomic E-state index is 0.0241. The van der Waals surface area contributed by atoms with Crippen molar-refractivity contribution in [3.63, 3.8) is 0 Å². The lowest BCUT2D eigenvalue weighted by molar-refractivity contribution is -0.140. The SMILES string of the molecule is COc1ccc(/C(O)=C2\C(=O)C(=O)N(Cc3ccco3)[C@H]2c2ccc(OC)c(OC)c2)cc1. The van der Waals surface area contributed by atoms with Crippen LogP contribution in [0.25, 0.3) is 5.76 Å². The second-order valence-electron chi connectivity index (χ2n) is 7.35. The molecule has 170 valence electrons. The number of carbonyl (C=O) groups is 2. The van der Waals surface area contributed by atoms with Crippen molar-refractivity contribution in [2.45, 2.75) is 12.6 Å². The van der Waals surface area contributed by atoms with E-state index in [1.54, 1.807) is 54.6 Å². The van der Waals surface area contributed by atoms with Crippen molar-refractivity contribution >= 4 is 17.4 Å². The van der Waals surface area contributed by atoms with E-state index in [4.69, 9.17) is 18.6 Å². The number of amides is 1. The van der Waals surface area contributed by atoms with Gasteiger partial charge >= 0.3 is 0 Å². The second kappa shape index (κ2) is 9.12. The van der Waals surface area contributed by atoms with Crippen LogP contribution >= 0.6 is 0 Å². The number of likely N-dealkylation sites (tertiary alicyclic amines) is 1. The molecular weight excluding hydrogens is 426 g/mol. The highest BCUT2D eigenvalue weighted by Gasteiger charge is 2.46. The van der Waals surface area contributed by atoms with E-state index in [0.717, 1.165) is 0 Å². The molecule has 1 aromatic heterocycles. The molecule has 4 rings (SSSR count). The molecule has 1 atom stereocenters. The van der Waals surface area contributed by atoms with E-state index in [1.807, 2.05) is 0 Å². The van der Waals surface area contributed by atoms with Crippen LogP contribution in [0.4, 0.5) is 0 Å². The van der Waals surface area contributed by atoms with Crippen LogP contribution in [0, 0.1) is 0 Å². The Kier molecular flexibility index (Phi) is 6.08. The summed E-state index contributed by atoms with van der Waals surface area (Å²) in [6, 6.07) is 14.2. The van der Waals surface area contributed by atoms with Gasteiger partial charge in [-0.3, -0.25) is 9.59 Å². The van der Waals surface area contributed by atoms with Gasteiger partial charge in [-0.05, 0) is 54.1 Å². The number of ether oxygens (including phenoxy) is 3.